The lowest BCUT2D eigenvalue weighted by Crippen LogP contribution is -2.41. The minimum Gasteiger partial charge on any atom is -0.497 e. The van der Waals surface area contributed by atoms with E-state index in [1.165, 1.54) is 38.4 Å². The van der Waals surface area contributed by atoms with Gasteiger partial charge in [0.25, 0.3) is 5.91 Å². The van der Waals surface area contributed by atoms with E-state index in [4.69, 9.17) is 14.7 Å². The molecule has 1 amide bonds. The average Bonchev–Trinajstić information content (AvgIpc) is 3.09. The molecular formula is C24H20F3N3O5S. The molecule has 0 aliphatic carbocycles. The molecule has 1 aliphatic rings. The lowest BCUT2D eigenvalue weighted by molar-refractivity contribution is -0.129. The third-order valence-corrected chi connectivity index (χ3v) is 6.63. The molecule has 0 spiro atoms. The number of amides is 1. The molecule has 0 saturated carbocycles. The van der Waals surface area contributed by atoms with Gasteiger partial charge in [-0.2, -0.15) is 21.6 Å². The Hall–Kier alpha value is -4.06. The predicted molar refractivity (Wildman–Crippen MR) is 126 cm³/mol. The number of carbonyl (C=O) groups is 1. The molecule has 2 N–H and O–H groups in total. The number of halogens is 3. The molecule has 8 nitrogen and oxygen atoms in total. The molecule has 1 atom stereocenters. The van der Waals surface area contributed by atoms with Crippen molar-refractivity contribution in [2.45, 2.75) is 11.0 Å². The van der Waals surface area contributed by atoms with Crippen LogP contribution in [0.4, 0.5) is 13.2 Å². The van der Waals surface area contributed by atoms with Crippen molar-refractivity contribution in [3.8, 4) is 22.6 Å². The van der Waals surface area contributed by atoms with E-state index in [0.717, 1.165) is 4.90 Å². The average molecular weight is 520 g/mol. The molecule has 0 aromatic heterocycles. The van der Waals surface area contributed by atoms with Gasteiger partial charge in [0.1, 0.15) is 5.75 Å². The number of alkyl halides is 3. The molecule has 3 aromatic rings. The van der Waals surface area contributed by atoms with Crippen molar-refractivity contribution in [1.29, 1.82) is 0 Å². The predicted octanol–water partition coefficient (Wildman–Crippen LogP) is 3.62. The first-order valence-corrected chi connectivity index (χ1v) is 11.8. The number of benzene rings is 3. The van der Waals surface area contributed by atoms with Crippen LogP contribution in [-0.4, -0.2) is 44.9 Å². The summed E-state index contributed by atoms with van der Waals surface area (Å²) in [5, 5.41) is 0. The van der Waals surface area contributed by atoms with Crippen molar-refractivity contribution >= 4 is 22.0 Å². The Morgan fingerprint density at radius 2 is 1.58 bits per heavy atom. The monoisotopic (exact) mass is 519 g/mol. The van der Waals surface area contributed by atoms with Crippen LogP contribution in [-0.2, 0) is 20.5 Å². The Morgan fingerprint density at radius 1 is 1.00 bits per heavy atom. The Balaban J connectivity index is 2.16. The van der Waals surface area contributed by atoms with Gasteiger partial charge in [0.05, 0.1) is 7.11 Å². The first kappa shape index (κ1) is 25.0. The second-order valence-corrected chi connectivity index (χ2v) is 9.35. The molecule has 0 radical (unpaired) electrons. The maximum atomic E-state index is 13.7. The summed E-state index contributed by atoms with van der Waals surface area (Å²) in [5.74, 6) is -1.57. The first-order chi connectivity index (χ1) is 16.9. The smallest absolute Gasteiger partial charge is 0.497 e. The number of nitrogens with zero attached hydrogens (tertiary/aromatic N) is 2. The van der Waals surface area contributed by atoms with Crippen molar-refractivity contribution in [2.24, 2.45) is 10.7 Å². The van der Waals surface area contributed by atoms with Crippen LogP contribution >= 0.6 is 0 Å². The molecule has 0 saturated heterocycles. The van der Waals surface area contributed by atoms with E-state index in [2.05, 4.69) is 4.99 Å². The van der Waals surface area contributed by atoms with E-state index in [0.29, 0.717) is 5.56 Å². The molecule has 0 bridgehead atoms. The summed E-state index contributed by atoms with van der Waals surface area (Å²) >= 11 is 0. The second kappa shape index (κ2) is 8.86. The number of likely N-dealkylation sites (N-methyl/N-ethyl adjacent to an activating group) is 1. The van der Waals surface area contributed by atoms with Gasteiger partial charge in [-0.05, 0) is 23.3 Å². The largest absolute Gasteiger partial charge is 0.534 e. The zero-order valence-electron chi connectivity index (χ0n) is 19.0. The van der Waals surface area contributed by atoms with Gasteiger partial charge in [0.2, 0.25) is 0 Å². The molecule has 36 heavy (non-hydrogen) atoms. The van der Waals surface area contributed by atoms with Crippen LogP contribution in [0.15, 0.2) is 77.8 Å². The number of carbonyl (C=O) groups excluding carboxylic acids is 1. The highest BCUT2D eigenvalue weighted by atomic mass is 32.2. The third-order valence-electron chi connectivity index (χ3n) is 5.68. The Bertz CT molecular complexity index is 1450. The van der Waals surface area contributed by atoms with Crippen LogP contribution in [0, 0.1) is 0 Å². The normalized spacial score (nSPS) is 18.2. The van der Waals surface area contributed by atoms with E-state index in [1.54, 1.807) is 48.5 Å². The minimum absolute atomic E-state index is 0.0656. The fourth-order valence-electron chi connectivity index (χ4n) is 3.91. The van der Waals surface area contributed by atoms with Crippen LogP contribution in [0.25, 0.3) is 11.1 Å². The number of hydrogen-bond acceptors (Lipinski definition) is 7. The van der Waals surface area contributed by atoms with E-state index in [9.17, 15) is 26.4 Å². The van der Waals surface area contributed by atoms with Crippen molar-refractivity contribution < 1.29 is 35.3 Å². The second-order valence-electron chi connectivity index (χ2n) is 7.81. The molecule has 188 valence electrons. The van der Waals surface area contributed by atoms with Crippen molar-refractivity contribution in [3.63, 3.8) is 0 Å². The summed E-state index contributed by atoms with van der Waals surface area (Å²) in [4.78, 5) is 19.0. The van der Waals surface area contributed by atoms with E-state index >= 15 is 0 Å². The van der Waals surface area contributed by atoms with Crippen molar-refractivity contribution in [1.82, 2.24) is 4.90 Å². The fraction of sp³-hybridized carbons (Fsp3) is 0.167. The summed E-state index contributed by atoms with van der Waals surface area (Å²) in [5.41, 5.74) is -1.66. The van der Waals surface area contributed by atoms with Crippen molar-refractivity contribution in [2.75, 3.05) is 14.2 Å². The van der Waals surface area contributed by atoms with Gasteiger partial charge < -0.3 is 14.7 Å². The molecule has 1 unspecified atom stereocenters. The van der Waals surface area contributed by atoms with Gasteiger partial charge in [-0.3, -0.25) is 9.69 Å². The number of guanidine groups is 1. The molecule has 12 heteroatoms. The summed E-state index contributed by atoms with van der Waals surface area (Å²) in [6, 6.07) is 18.4. The lowest BCUT2D eigenvalue weighted by Gasteiger charge is -2.29. The number of methoxy groups -OCH3 is 1. The molecule has 4 rings (SSSR count). The summed E-state index contributed by atoms with van der Waals surface area (Å²) in [6.07, 6.45) is 0. The highest BCUT2D eigenvalue weighted by molar-refractivity contribution is 7.88. The number of aliphatic imine (C=N–C) groups is 1. The maximum Gasteiger partial charge on any atom is 0.534 e. The lowest BCUT2D eigenvalue weighted by atomic mass is 9.80. The fourth-order valence-corrected chi connectivity index (χ4v) is 4.40. The first-order valence-electron chi connectivity index (χ1n) is 10.4. The van der Waals surface area contributed by atoms with Gasteiger partial charge in [-0.25, -0.2) is 4.99 Å². The number of ether oxygens (including phenoxy) is 1. The van der Waals surface area contributed by atoms with Gasteiger partial charge in [0.15, 0.2) is 17.2 Å². The summed E-state index contributed by atoms with van der Waals surface area (Å²) in [6.45, 7) is 0. The van der Waals surface area contributed by atoms with Crippen LogP contribution in [0.3, 0.4) is 0 Å². The van der Waals surface area contributed by atoms with E-state index in [-0.39, 0.29) is 28.4 Å². The number of rotatable bonds is 6. The Morgan fingerprint density at radius 3 is 2.08 bits per heavy atom. The minimum atomic E-state index is -6.15. The topological polar surface area (TPSA) is 111 Å². The van der Waals surface area contributed by atoms with Crippen LogP contribution in [0.5, 0.6) is 11.5 Å². The standard InChI is InChI=1S/C24H20F3N3O5S/c1-30-21(31)23(29-22(30)28,16-11-7-4-8-12-16)19-14-17(34-2)13-18(15-9-5-3-6-10-15)20(19)35-36(32,33)24(25,26)27/h3-14H,1-2H3,(H2,28,29). The van der Waals surface area contributed by atoms with Gasteiger partial charge in [0, 0.05) is 18.2 Å². The highest BCUT2D eigenvalue weighted by Crippen LogP contribution is 2.49. The van der Waals surface area contributed by atoms with E-state index < -0.39 is 32.8 Å². The van der Waals surface area contributed by atoms with E-state index in [1.807, 2.05) is 0 Å². The molecule has 3 aromatic carbocycles. The van der Waals surface area contributed by atoms with Gasteiger partial charge >= 0.3 is 15.6 Å². The van der Waals surface area contributed by atoms with Gasteiger partial charge in [-0.1, -0.05) is 60.7 Å². The maximum absolute atomic E-state index is 13.7. The van der Waals surface area contributed by atoms with Gasteiger partial charge in [-0.15, -0.1) is 0 Å². The number of hydrogen-bond donors (Lipinski definition) is 1. The quantitative estimate of drug-likeness (QED) is 0.393. The molecule has 1 aliphatic heterocycles. The number of nitrogens with two attached hydrogens (primary N) is 1. The third kappa shape index (κ3) is 4.02. The van der Waals surface area contributed by atoms with Crippen molar-refractivity contribution in [3.05, 3.63) is 83.9 Å². The molecule has 1 heterocycles. The highest BCUT2D eigenvalue weighted by Gasteiger charge is 2.54. The van der Waals surface area contributed by atoms with Crippen LogP contribution in [0.2, 0.25) is 0 Å². The Kier molecular flexibility index (Phi) is 6.17. The zero-order chi connectivity index (χ0) is 26.3. The molecular weight excluding hydrogens is 499 g/mol. The van der Waals surface area contributed by atoms with Crippen LogP contribution in [0.1, 0.15) is 11.1 Å². The zero-order valence-corrected chi connectivity index (χ0v) is 19.8. The SMILES string of the molecule is COc1cc(-c2ccccc2)c(OS(=O)(=O)C(F)(F)F)c(C2(c3ccccc3)N=C(N)N(C)C2=O)c1. The summed E-state index contributed by atoms with van der Waals surface area (Å²) in [7, 11) is -3.49. The summed E-state index contributed by atoms with van der Waals surface area (Å²) < 4.78 is 75.0. The Labute approximate surface area is 204 Å². The molecule has 0 fully saturated rings. The van der Waals surface area contributed by atoms with Crippen LogP contribution < -0.4 is 14.7 Å².